The van der Waals surface area contributed by atoms with Crippen molar-refractivity contribution < 1.29 is 14.3 Å². The molecular weight excluding hydrogens is 433 g/mol. The van der Waals surface area contributed by atoms with E-state index in [1.54, 1.807) is 31.2 Å². The number of carbonyl (C=O) groups excluding carboxylic acids is 2. The summed E-state index contributed by atoms with van der Waals surface area (Å²) in [6.45, 7) is 1.82. The molecule has 1 aliphatic rings. The Bertz CT molecular complexity index is 1170. The zero-order valence-corrected chi connectivity index (χ0v) is 18.2. The summed E-state index contributed by atoms with van der Waals surface area (Å²) in [5.74, 6) is -0.737. The molecule has 1 amide bonds. The van der Waals surface area contributed by atoms with Crippen LogP contribution in [0.1, 0.15) is 23.6 Å². The summed E-state index contributed by atoms with van der Waals surface area (Å²) < 4.78 is 5.46. The molecule has 0 aromatic heterocycles. The largest absolute Gasteiger partial charge is 0.459 e. The molecule has 0 saturated carbocycles. The number of carbonyl (C=O) groups is 2. The standard InChI is InChI=1S/C25H19Cl2NO3/c1-16(25(30)31-15-17-7-3-2-4-8-17)28-23-10-6-5-9-19(23)20(24(28)29)13-18-11-12-21(26)22(27)14-18/h2-14,16H,15H2,1H3. The first kappa shape index (κ1) is 21.2. The van der Waals surface area contributed by atoms with E-state index in [2.05, 4.69) is 0 Å². The van der Waals surface area contributed by atoms with Gasteiger partial charge in [-0.2, -0.15) is 0 Å². The average molecular weight is 452 g/mol. The number of esters is 1. The average Bonchev–Trinajstić information content (AvgIpc) is 3.06. The number of para-hydroxylation sites is 1. The molecule has 4 rings (SSSR count). The molecule has 6 heteroatoms. The van der Waals surface area contributed by atoms with Crippen LogP contribution in [0.5, 0.6) is 0 Å². The van der Waals surface area contributed by atoms with Gasteiger partial charge in [0, 0.05) is 11.1 Å². The third kappa shape index (κ3) is 4.36. The lowest BCUT2D eigenvalue weighted by atomic mass is 10.0. The molecule has 31 heavy (non-hydrogen) atoms. The fourth-order valence-corrected chi connectivity index (χ4v) is 3.82. The Labute approximate surface area is 190 Å². The lowest BCUT2D eigenvalue weighted by molar-refractivity contribution is -0.146. The van der Waals surface area contributed by atoms with Crippen molar-refractivity contribution in [1.82, 2.24) is 0 Å². The molecule has 1 unspecified atom stereocenters. The first-order valence-electron chi connectivity index (χ1n) is 9.76. The van der Waals surface area contributed by atoms with E-state index in [0.29, 0.717) is 21.3 Å². The van der Waals surface area contributed by atoms with Gasteiger partial charge in [-0.25, -0.2) is 4.79 Å². The van der Waals surface area contributed by atoms with Crippen molar-refractivity contribution in [2.75, 3.05) is 4.90 Å². The van der Waals surface area contributed by atoms with Gasteiger partial charge in [-0.3, -0.25) is 9.69 Å². The third-order valence-corrected chi connectivity index (χ3v) is 5.85. The minimum absolute atomic E-state index is 0.152. The van der Waals surface area contributed by atoms with Crippen LogP contribution in [-0.2, 0) is 20.9 Å². The molecule has 0 aliphatic carbocycles. The maximum absolute atomic E-state index is 13.3. The number of ether oxygens (including phenoxy) is 1. The van der Waals surface area contributed by atoms with E-state index in [4.69, 9.17) is 27.9 Å². The number of anilines is 1. The van der Waals surface area contributed by atoms with E-state index in [1.807, 2.05) is 54.6 Å². The summed E-state index contributed by atoms with van der Waals surface area (Å²) in [5.41, 5.74) is 3.53. The number of rotatable bonds is 5. The van der Waals surface area contributed by atoms with Gasteiger partial charge in [0.2, 0.25) is 0 Å². The van der Waals surface area contributed by atoms with Crippen LogP contribution in [0.2, 0.25) is 10.0 Å². The maximum Gasteiger partial charge on any atom is 0.329 e. The molecule has 0 spiro atoms. The molecule has 0 N–H and O–H groups in total. The minimum atomic E-state index is -0.780. The van der Waals surface area contributed by atoms with Crippen molar-refractivity contribution >= 4 is 52.4 Å². The Morgan fingerprint density at radius 2 is 1.71 bits per heavy atom. The molecule has 3 aromatic carbocycles. The third-order valence-electron chi connectivity index (χ3n) is 5.11. The SMILES string of the molecule is CC(C(=O)OCc1ccccc1)N1C(=O)C(=Cc2ccc(Cl)c(Cl)c2)c2ccccc21. The smallest absolute Gasteiger partial charge is 0.329 e. The molecule has 156 valence electrons. The Morgan fingerprint density at radius 3 is 2.45 bits per heavy atom. The van der Waals surface area contributed by atoms with E-state index < -0.39 is 12.0 Å². The molecule has 1 heterocycles. The van der Waals surface area contributed by atoms with Gasteiger partial charge in [0.1, 0.15) is 12.6 Å². The second-order valence-corrected chi connectivity index (χ2v) is 8.01. The fraction of sp³-hybridized carbons (Fsp3) is 0.120. The van der Waals surface area contributed by atoms with Crippen molar-refractivity contribution in [2.45, 2.75) is 19.6 Å². The van der Waals surface area contributed by atoms with Crippen LogP contribution in [0.25, 0.3) is 11.6 Å². The van der Waals surface area contributed by atoms with Gasteiger partial charge in [-0.05, 0) is 42.3 Å². The van der Waals surface area contributed by atoms with E-state index in [0.717, 1.165) is 16.7 Å². The zero-order valence-electron chi connectivity index (χ0n) is 16.7. The quantitative estimate of drug-likeness (QED) is 0.352. The van der Waals surface area contributed by atoms with Crippen molar-refractivity contribution in [3.05, 3.63) is 99.5 Å². The zero-order chi connectivity index (χ0) is 22.0. The molecule has 1 aliphatic heterocycles. The second-order valence-electron chi connectivity index (χ2n) is 7.19. The van der Waals surface area contributed by atoms with Gasteiger partial charge in [-0.1, -0.05) is 77.8 Å². The molecule has 4 nitrogen and oxygen atoms in total. The van der Waals surface area contributed by atoms with Gasteiger partial charge >= 0.3 is 5.97 Å². The number of halogens is 2. The Kier molecular flexibility index (Phi) is 6.12. The predicted molar refractivity (Wildman–Crippen MR) is 124 cm³/mol. The normalized spacial score (nSPS) is 15.1. The summed E-state index contributed by atoms with van der Waals surface area (Å²) in [6, 6.07) is 21.2. The molecule has 3 aromatic rings. The summed E-state index contributed by atoms with van der Waals surface area (Å²) in [5, 5.41) is 0.850. The van der Waals surface area contributed by atoms with Gasteiger partial charge in [0.15, 0.2) is 0 Å². The van der Waals surface area contributed by atoms with Crippen molar-refractivity contribution in [2.24, 2.45) is 0 Å². The lowest BCUT2D eigenvalue weighted by Gasteiger charge is -2.23. The highest BCUT2D eigenvalue weighted by molar-refractivity contribution is 6.42. The first-order chi connectivity index (χ1) is 15.0. The molecule has 0 fully saturated rings. The molecular formula is C25H19Cl2NO3. The second kappa shape index (κ2) is 8.96. The number of fused-ring (bicyclic) bond motifs is 1. The molecule has 0 bridgehead atoms. The van der Waals surface area contributed by atoms with E-state index >= 15 is 0 Å². The highest BCUT2D eigenvalue weighted by Gasteiger charge is 2.38. The molecule has 1 atom stereocenters. The van der Waals surface area contributed by atoms with Crippen LogP contribution in [0.4, 0.5) is 5.69 Å². The molecule has 0 radical (unpaired) electrons. The van der Waals surface area contributed by atoms with Crippen LogP contribution in [0, 0.1) is 0 Å². The number of hydrogen-bond donors (Lipinski definition) is 0. The Hall–Kier alpha value is -3.08. The topological polar surface area (TPSA) is 46.6 Å². The number of amides is 1. The molecule has 0 saturated heterocycles. The number of hydrogen-bond acceptors (Lipinski definition) is 3. The van der Waals surface area contributed by atoms with E-state index in [9.17, 15) is 9.59 Å². The van der Waals surface area contributed by atoms with Crippen LogP contribution in [0.3, 0.4) is 0 Å². The maximum atomic E-state index is 13.3. The minimum Gasteiger partial charge on any atom is -0.459 e. The van der Waals surface area contributed by atoms with Crippen molar-refractivity contribution in [3.63, 3.8) is 0 Å². The lowest BCUT2D eigenvalue weighted by Crippen LogP contribution is -2.42. The summed E-state index contributed by atoms with van der Waals surface area (Å²) in [7, 11) is 0. The van der Waals surface area contributed by atoms with Gasteiger partial charge in [0.25, 0.3) is 5.91 Å². The predicted octanol–water partition coefficient (Wildman–Crippen LogP) is 6.01. The first-order valence-corrected chi connectivity index (χ1v) is 10.5. The van der Waals surface area contributed by atoms with Crippen molar-refractivity contribution in [3.8, 4) is 0 Å². The van der Waals surface area contributed by atoms with Crippen LogP contribution >= 0.6 is 23.2 Å². The van der Waals surface area contributed by atoms with Crippen LogP contribution in [0.15, 0.2) is 72.8 Å². The summed E-state index contributed by atoms with van der Waals surface area (Å²) >= 11 is 12.1. The Morgan fingerprint density at radius 1 is 1.00 bits per heavy atom. The van der Waals surface area contributed by atoms with Crippen LogP contribution in [-0.4, -0.2) is 17.9 Å². The highest BCUT2D eigenvalue weighted by Crippen LogP contribution is 2.39. The Balaban J connectivity index is 1.61. The number of benzene rings is 3. The highest BCUT2D eigenvalue weighted by atomic mass is 35.5. The van der Waals surface area contributed by atoms with Crippen LogP contribution < -0.4 is 4.90 Å². The van der Waals surface area contributed by atoms with Gasteiger partial charge in [-0.15, -0.1) is 0 Å². The van der Waals surface area contributed by atoms with E-state index in [1.165, 1.54) is 4.90 Å². The van der Waals surface area contributed by atoms with Crippen molar-refractivity contribution in [1.29, 1.82) is 0 Å². The summed E-state index contributed by atoms with van der Waals surface area (Å²) in [6.07, 6.45) is 1.76. The van der Waals surface area contributed by atoms with Gasteiger partial charge in [0.05, 0.1) is 15.7 Å². The van der Waals surface area contributed by atoms with E-state index in [-0.39, 0.29) is 12.5 Å². The monoisotopic (exact) mass is 451 g/mol. The summed E-state index contributed by atoms with van der Waals surface area (Å²) in [4.78, 5) is 27.5. The number of nitrogens with zero attached hydrogens (tertiary/aromatic N) is 1. The van der Waals surface area contributed by atoms with Gasteiger partial charge < -0.3 is 4.74 Å². The fourth-order valence-electron chi connectivity index (χ4n) is 3.51.